The van der Waals surface area contributed by atoms with Crippen molar-refractivity contribution < 1.29 is 23.1 Å². The largest absolute Gasteiger partial charge is 0.461 e. The minimum absolute atomic E-state index is 0.187. The minimum atomic E-state index is -0.758. The van der Waals surface area contributed by atoms with Gasteiger partial charge in [-0.2, -0.15) is 0 Å². The van der Waals surface area contributed by atoms with Crippen LogP contribution in [0.3, 0.4) is 0 Å². The molecule has 0 saturated heterocycles. The zero-order valence-electron chi connectivity index (χ0n) is 14.9. The molecule has 1 N–H and O–H groups in total. The highest BCUT2D eigenvalue weighted by Gasteiger charge is 2.27. The van der Waals surface area contributed by atoms with E-state index in [1.165, 1.54) is 0 Å². The van der Waals surface area contributed by atoms with E-state index in [0.717, 1.165) is 18.2 Å². The van der Waals surface area contributed by atoms with Gasteiger partial charge in [-0.15, -0.1) is 6.58 Å². The third-order valence-electron chi connectivity index (χ3n) is 3.95. The number of rotatable bonds is 6. The van der Waals surface area contributed by atoms with Gasteiger partial charge in [0.25, 0.3) is 5.91 Å². The number of nitrogens with one attached hydrogen (secondary N) is 1. The van der Waals surface area contributed by atoms with E-state index in [2.05, 4.69) is 11.9 Å². The number of hydrogen-bond donors (Lipinski definition) is 1. The number of esters is 1. The van der Waals surface area contributed by atoms with Gasteiger partial charge >= 0.3 is 5.97 Å². The van der Waals surface area contributed by atoms with Crippen LogP contribution in [0.4, 0.5) is 14.5 Å². The molecule has 0 spiro atoms. The SMILES string of the molecule is C=CCn1c(C)c(C(=O)Nc2cc(F)ccc2F)c(C)c1C(=O)OCC. The van der Waals surface area contributed by atoms with Crippen molar-refractivity contribution >= 4 is 17.6 Å². The molecular formula is C19H20F2N2O3. The number of benzene rings is 1. The maximum Gasteiger partial charge on any atom is 0.355 e. The second kappa shape index (κ2) is 7.95. The van der Waals surface area contributed by atoms with E-state index < -0.39 is 23.5 Å². The molecule has 0 fully saturated rings. The molecule has 1 aromatic heterocycles. The first-order chi connectivity index (χ1) is 12.3. The Bertz CT molecular complexity index is 872. The van der Waals surface area contributed by atoms with Crippen molar-refractivity contribution in [1.29, 1.82) is 0 Å². The third kappa shape index (κ3) is 3.66. The zero-order valence-corrected chi connectivity index (χ0v) is 14.9. The van der Waals surface area contributed by atoms with Crippen LogP contribution < -0.4 is 5.32 Å². The van der Waals surface area contributed by atoms with Gasteiger partial charge in [-0.05, 0) is 38.5 Å². The van der Waals surface area contributed by atoms with Crippen molar-refractivity contribution in [1.82, 2.24) is 4.57 Å². The number of aromatic nitrogens is 1. The molecule has 2 aromatic rings. The molecule has 138 valence electrons. The number of hydrogen-bond acceptors (Lipinski definition) is 3. The Morgan fingerprint density at radius 2 is 2.00 bits per heavy atom. The van der Waals surface area contributed by atoms with Crippen LogP contribution in [0.2, 0.25) is 0 Å². The van der Waals surface area contributed by atoms with Gasteiger partial charge in [-0.25, -0.2) is 13.6 Å². The summed E-state index contributed by atoms with van der Waals surface area (Å²) < 4.78 is 33.8. The molecule has 7 heteroatoms. The molecular weight excluding hydrogens is 342 g/mol. The smallest absolute Gasteiger partial charge is 0.355 e. The van der Waals surface area contributed by atoms with E-state index in [-0.39, 0.29) is 23.6 Å². The van der Waals surface area contributed by atoms with Crippen molar-refractivity contribution in [3.05, 3.63) is 65.0 Å². The predicted octanol–water partition coefficient (Wildman–Crippen LogP) is 4.00. The number of ether oxygens (including phenoxy) is 1. The highest BCUT2D eigenvalue weighted by molar-refractivity contribution is 6.08. The fourth-order valence-electron chi connectivity index (χ4n) is 2.83. The van der Waals surface area contributed by atoms with Gasteiger partial charge in [0.1, 0.15) is 17.3 Å². The lowest BCUT2D eigenvalue weighted by molar-refractivity contribution is 0.0513. The summed E-state index contributed by atoms with van der Waals surface area (Å²) in [6.07, 6.45) is 1.59. The fraction of sp³-hybridized carbons (Fsp3) is 0.263. The van der Waals surface area contributed by atoms with E-state index in [9.17, 15) is 18.4 Å². The number of allylic oxidation sites excluding steroid dienone is 1. The molecule has 0 bridgehead atoms. The standard InChI is InChI=1S/C19H20F2N2O3/c1-5-9-23-12(4)16(11(3)17(23)19(25)26-6-2)18(24)22-15-10-13(20)7-8-14(15)21/h5,7-8,10H,1,6,9H2,2-4H3,(H,22,24). The predicted molar refractivity (Wildman–Crippen MR) is 94.4 cm³/mol. The Morgan fingerprint density at radius 3 is 2.62 bits per heavy atom. The Labute approximate surface area is 150 Å². The van der Waals surface area contributed by atoms with Gasteiger partial charge in [0.15, 0.2) is 0 Å². The average Bonchev–Trinajstić information content (AvgIpc) is 2.82. The molecule has 0 aliphatic carbocycles. The van der Waals surface area contributed by atoms with Crippen LogP contribution in [0.1, 0.15) is 39.0 Å². The number of carbonyl (C=O) groups is 2. The molecule has 0 atom stereocenters. The summed E-state index contributed by atoms with van der Waals surface area (Å²) in [4.78, 5) is 25.0. The number of anilines is 1. The van der Waals surface area contributed by atoms with Crippen LogP contribution in [0.15, 0.2) is 30.9 Å². The molecule has 5 nitrogen and oxygen atoms in total. The second-order valence-electron chi connectivity index (χ2n) is 5.63. The highest BCUT2D eigenvalue weighted by Crippen LogP contribution is 2.25. The molecule has 0 unspecified atom stereocenters. The molecule has 1 amide bonds. The number of halogens is 2. The van der Waals surface area contributed by atoms with Crippen LogP contribution in [0.25, 0.3) is 0 Å². The molecule has 0 saturated carbocycles. The average molecular weight is 362 g/mol. The fourth-order valence-corrected chi connectivity index (χ4v) is 2.83. The first-order valence-corrected chi connectivity index (χ1v) is 8.05. The van der Waals surface area contributed by atoms with Crippen molar-refractivity contribution in [2.75, 3.05) is 11.9 Å². The summed E-state index contributed by atoms with van der Waals surface area (Å²) in [5.41, 5.74) is 1.06. The van der Waals surface area contributed by atoms with Crippen LogP contribution in [0, 0.1) is 25.5 Å². The van der Waals surface area contributed by atoms with Gasteiger partial charge in [-0.1, -0.05) is 6.08 Å². The van der Waals surface area contributed by atoms with E-state index >= 15 is 0 Å². The second-order valence-corrected chi connectivity index (χ2v) is 5.63. The molecule has 0 radical (unpaired) electrons. The Balaban J connectivity index is 2.49. The summed E-state index contributed by atoms with van der Waals surface area (Å²) in [5.74, 6) is -2.64. The monoisotopic (exact) mass is 362 g/mol. The van der Waals surface area contributed by atoms with Gasteiger partial charge < -0.3 is 14.6 Å². The maximum atomic E-state index is 13.8. The summed E-state index contributed by atoms with van der Waals surface area (Å²) in [6, 6.07) is 2.78. The third-order valence-corrected chi connectivity index (χ3v) is 3.95. The van der Waals surface area contributed by atoms with Crippen molar-refractivity contribution in [2.45, 2.75) is 27.3 Å². The van der Waals surface area contributed by atoms with Crippen LogP contribution in [-0.4, -0.2) is 23.1 Å². The van der Waals surface area contributed by atoms with Gasteiger partial charge in [0.05, 0.1) is 17.9 Å². The summed E-state index contributed by atoms with van der Waals surface area (Å²) in [6.45, 7) is 9.08. The Morgan fingerprint density at radius 1 is 1.31 bits per heavy atom. The van der Waals surface area contributed by atoms with Crippen molar-refractivity contribution in [3.63, 3.8) is 0 Å². The lowest BCUT2D eigenvalue weighted by Gasteiger charge is -2.09. The van der Waals surface area contributed by atoms with E-state index in [4.69, 9.17) is 4.74 Å². The Kier molecular flexibility index (Phi) is 5.92. The Hall–Kier alpha value is -2.96. The first kappa shape index (κ1) is 19.4. The van der Waals surface area contributed by atoms with Crippen LogP contribution in [0.5, 0.6) is 0 Å². The van der Waals surface area contributed by atoms with Crippen molar-refractivity contribution in [2.24, 2.45) is 0 Å². The normalized spacial score (nSPS) is 10.5. The van der Waals surface area contributed by atoms with E-state index in [1.807, 2.05) is 0 Å². The van der Waals surface area contributed by atoms with E-state index in [1.54, 1.807) is 31.4 Å². The topological polar surface area (TPSA) is 60.3 Å². The lowest BCUT2D eigenvalue weighted by Crippen LogP contribution is -2.15. The quantitative estimate of drug-likeness (QED) is 0.624. The molecule has 26 heavy (non-hydrogen) atoms. The van der Waals surface area contributed by atoms with Gasteiger partial charge in [-0.3, -0.25) is 4.79 Å². The van der Waals surface area contributed by atoms with Gasteiger partial charge in [0, 0.05) is 18.3 Å². The maximum absolute atomic E-state index is 13.8. The number of nitrogens with zero attached hydrogens (tertiary/aromatic N) is 1. The number of carbonyl (C=O) groups excluding carboxylic acids is 2. The van der Waals surface area contributed by atoms with Crippen molar-refractivity contribution in [3.8, 4) is 0 Å². The summed E-state index contributed by atoms with van der Waals surface area (Å²) in [5, 5.41) is 2.36. The van der Waals surface area contributed by atoms with E-state index in [0.29, 0.717) is 17.8 Å². The molecule has 2 rings (SSSR count). The summed E-state index contributed by atoms with van der Waals surface area (Å²) in [7, 11) is 0. The molecule has 1 heterocycles. The highest BCUT2D eigenvalue weighted by atomic mass is 19.1. The molecule has 0 aliphatic rings. The minimum Gasteiger partial charge on any atom is -0.461 e. The van der Waals surface area contributed by atoms with Crippen LogP contribution in [-0.2, 0) is 11.3 Å². The molecule has 0 aliphatic heterocycles. The van der Waals surface area contributed by atoms with Crippen LogP contribution >= 0.6 is 0 Å². The van der Waals surface area contributed by atoms with Gasteiger partial charge in [0.2, 0.25) is 0 Å². The zero-order chi connectivity index (χ0) is 19.4. The summed E-state index contributed by atoms with van der Waals surface area (Å²) >= 11 is 0. The number of amides is 1. The molecule has 1 aromatic carbocycles. The lowest BCUT2D eigenvalue weighted by atomic mass is 10.1. The first-order valence-electron chi connectivity index (χ1n) is 8.05.